The Bertz CT molecular complexity index is 385. The lowest BCUT2D eigenvalue weighted by Gasteiger charge is -2.17. The van der Waals surface area contributed by atoms with Crippen LogP contribution in [0.5, 0.6) is 0 Å². The van der Waals surface area contributed by atoms with Crippen LogP contribution in [-0.4, -0.2) is 12.2 Å². The van der Waals surface area contributed by atoms with Gasteiger partial charge in [-0.15, -0.1) is 0 Å². The summed E-state index contributed by atoms with van der Waals surface area (Å²) in [5.74, 6) is 0.608. The fourth-order valence-corrected chi connectivity index (χ4v) is 3.18. The molecular weight excluding hydrogens is 208 g/mol. The molecule has 1 saturated heterocycles. The molecular formula is C16H24O. The maximum atomic E-state index is 5.66. The van der Waals surface area contributed by atoms with Gasteiger partial charge >= 0.3 is 0 Å². The number of hydrogen-bond donors (Lipinski definition) is 0. The van der Waals surface area contributed by atoms with Gasteiger partial charge in [-0.3, -0.25) is 0 Å². The average molecular weight is 232 g/mol. The fraction of sp³-hybridized carbons (Fsp3) is 0.625. The van der Waals surface area contributed by atoms with E-state index in [0.717, 1.165) is 6.42 Å². The Labute approximate surface area is 105 Å². The van der Waals surface area contributed by atoms with Crippen molar-refractivity contribution in [2.45, 2.75) is 65.6 Å². The van der Waals surface area contributed by atoms with Crippen molar-refractivity contribution in [2.75, 3.05) is 0 Å². The molecule has 0 aliphatic carbocycles. The molecule has 0 N–H and O–H groups in total. The predicted octanol–water partition coefficient (Wildman–Crippen LogP) is 4.28. The van der Waals surface area contributed by atoms with E-state index in [1.165, 1.54) is 28.7 Å². The highest BCUT2D eigenvalue weighted by molar-refractivity contribution is 5.39. The zero-order valence-corrected chi connectivity index (χ0v) is 11.7. The first-order valence-electron chi connectivity index (χ1n) is 6.76. The third kappa shape index (κ3) is 2.71. The molecule has 0 aromatic heterocycles. The largest absolute Gasteiger partial charge is 0.370 e. The van der Waals surface area contributed by atoms with Gasteiger partial charge < -0.3 is 4.74 Å². The van der Waals surface area contributed by atoms with Crippen LogP contribution < -0.4 is 0 Å². The first kappa shape index (κ1) is 12.6. The van der Waals surface area contributed by atoms with Crippen LogP contribution in [0.25, 0.3) is 0 Å². The maximum Gasteiger partial charge on any atom is 0.0847 e. The Morgan fingerprint density at radius 1 is 1.12 bits per heavy atom. The molecule has 2 rings (SSSR count). The number of hydrogen-bond acceptors (Lipinski definition) is 1. The monoisotopic (exact) mass is 232 g/mol. The standard InChI is InChI=1S/C16H24O/c1-6-14-15(17-14)9-13(5)16-11(3)7-10(2)8-12(16)4/h7-8,13-15H,6,9H2,1-5H3. The smallest absolute Gasteiger partial charge is 0.0847 e. The fourth-order valence-electron chi connectivity index (χ4n) is 3.18. The summed E-state index contributed by atoms with van der Waals surface area (Å²) in [6, 6.07) is 4.59. The number of rotatable bonds is 4. The van der Waals surface area contributed by atoms with Crippen molar-refractivity contribution in [2.24, 2.45) is 0 Å². The molecule has 1 aromatic carbocycles. The summed E-state index contributed by atoms with van der Waals surface area (Å²) in [6.07, 6.45) is 3.37. The van der Waals surface area contributed by atoms with Crippen LogP contribution in [0, 0.1) is 20.8 Å². The van der Waals surface area contributed by atoms with Gasteiger partial charge in [-0.05, 0) is 56.2 Å². The molecule has 1 aliphatic rings. The lowest BCUT2D eigenvalue weighted by atomic mass is 9.87. The molecule has 0 amide bonds. The van der Waals surface area contributed by atoms with Crippen molar-refractivity contribution in [3.8, 4) is 0 Å². The van der Waals surface area contributed by atoms with Gasteiger partial charge in [-0.1, -0.05) is 31.5 Å². The number of ether oxygens (including phenoxy) is 1. The number of aryl methyl sites for hydroxylation is 3. The molecule has 1 nitrogen and oxygen atoms in total. The summed E-state index contributed by atoms with van der Waals surface area (Å²) in [7, 11) is 0. The van der Waals surface area contributed by atoms with Gasteiger partial charge in [0.05, 0.1) is 12.2 Å². The molecule has 1 heteroatoms. The first-order valence-corrected chi connectivity index (χ1v) is 6.76. The van der Waals surface area contributed by atoms with E-state index in [-0.39, 0.29) is 0 Å². The van der Waals surface area contributed by atoms with E-state index in [0.29, 0.717) is 18.1 Å². The Morgan fingerprint density at radius 3 is 2.18 bits per heavy atom. The molecule has 94 valence electrons. The average Bonchev–Trinajstić information content (AvgIpc) is 2.94. The minimum atomic E-state index is 0.509. The van der Waals surface area contributed by atoms with Gasteiger partial charge in [0.15, 0.2) is 0 Å². The van der Waals surface area contributed by atoms with Crippen LogP contribution in [-0.2, 0) is 4.74 Å². The molecule has 1 aromatic rings. The molecule has 1 aliphatic heterocycles. The minimum absolute atomic E-state index is 0.509. The van der Waals surface area contributed by atoms with E-state index in [2.05, 4.69) is 46.8 Å². The molecule has 0 radical (unpaired) electrons. The second kappa shape index (κ2) is 4.81. The molecule has 0 saturated carbocycles. The molecule has 1 heterocycles. The van der Waals surface area contributed by atoms with Gasteiger partial charge in [-0.2, -0.15) is 0 Å². The summed E-state index contributed by atoms with van der Waals surface area (Å²) in [4.78, 5) is 0. The number of epoxide rings is 1. The van der Waals surface area contributed by atoms with Crippen LogP contribution in [0.1, 0.15) is 54.9 Å². The molecule has 0 spiro atoms. The van der Waals surface area contributed by atoms with Crippen molar-refractivity contribution in [3.63, 3.8) is 0 Å². The van der Waals surface area contributed by atoms with Gasteiger partial charge in [0.25, 0.3) is 0 Å². The predicted molar refractivity (Wildman–Crippen MR) is 72.6 cm³/mol. The van der Waals surface area contributed by atoms with Crippen LogP contribution >= 0.6 is 0 Å². The highest BCUT2D eigenvalue weighted by Crippen LogP contribution is 2.36. The Hall–Kier alpha value is -0.820. The van der Waals surface area contributed by atoms with Crippen molar-refractivity contribution in [1.29, 1.82) is 0 Å². The summed E-state index contributed by atoms with van der Waals surface area (Å²) < 4.78 is 5.66. The second-order valence-electron chi connectivity index (χ2n) is 5.57. The van der Waals surface area contributed by atoms with Crippen LogP contribution in [0.4, 0.5) is 0 Å². The van der Waals surface area contributed by atoms with Crippen molar-refractivity contribution in [1.82, 2.24) is 0 Å². The highest BCUT2D eigenvalue weighted by Gasteiger charge is 2.38. The van der Waals surface area contributed by atoms with Crippen molar-refractivity contribution in [3.05, 3.63) is 34.4 Å². The molecule has 17 heavy (non-hydrogen) atoms. The molecule has 3 unspecified atom stereocenters. The Balaban J connectivity index is 2.11. The van der Waals surface area contributed by atoms with Gasteiger partial charge in [0, 0.05) is 0 Å². The highest BCUT2D eigenvalue weighted by atomic mass is 16.6. The SMILES string of the molecule is CCC1OC1CC(C)c1c(C)cc(C)cc1C. The van der Waals surface area contributed by atoms with E-state index in [9.17, 15) is 0 Å². The Kier molecular flexibility index (Phi) is 3.58. The lowest BCUT2D eigenvalue weighted by molar-refractivity contribution is 0.352. The summed E-state index contributed by atoms with van der Waals surface area (Å²) in [5, 5.41) is 0. The van der Waals surface area contributed by atoms with Crippen LogP contribution in [0.3, 0.4) is 0 Å². The van der Waals surface area contributed by atoms with Gasteiger partial charge in [0.1, 0.15) is 0 Å². The maximum absolute atomic E-state index is 5.66. The zero-order valence-electron chi connectivity index (χ0n) is 11.7. The van der Waals surface area contributed by atoms with Crippen molar-refractivity contribution >= 4 is 0 Å². The zero-order chi connectivity index (χ0) is 12.6. The van der Waals surface area contributed by atoms with E-state index >= 15 is 0 Å². The first-order chi connectivity index (χ1) is 8.02. The quantitative estimate of drug-likeness (QED) is 0.706. The summed E-state index contributed by atoms with van der Waals surface area (Å²) in [5.41, 5.74) is 5.76. The third-order valence-electron chi connectivity index (χ3n) is 3.91. The molecule has 1 fully saturated rings. The van der Waals surface area contributed by atoms with E-state index < -0.39 is 0 Å². The number of benzene rings is 1. The molecule has 3 atom stereocenters. The van der Waals surface area contributed by atoms with Gasteiger partial charge in [0.2, 0.25) is 0 Å². The van der Waals surface area contributed by atoms with Crippen LogP contribution in [0.15, 0.2) is 12.1 Å². The lowest BCUT2D eigenvalue weighted by Crippen LogP contribution is -2.05. The van der Waals surface area contributed by atoms with Crippen molar-refractivity contribution < 1.29 is 4.74 Å². The van der Waals surface area contributed by atoms with Gasteiger partial charge in [-0.25, -0.2) is 0 Å². The summed E-state index contributed by atoms with van der Waals surface area (Å²) in [6.45, 7) is 11.2. The molecule has 0 bridgehead atoms. The van der Waals surface area contributed by atoms with E-state index in [1.807, 2.05) is 0 Å². The van der Waals surface area contributed by atoms with E-state index in [1.54, 1.807) is 0 Å². The van der Waals surface area contributed by atoms with E-state index in [4.69, 9.17) is 4.74 Å². The Morgan fingerprint density at radius 2 is 1.71 bits per heavy atom. The second-order valence-corrected chi connectivity index (χ2v) is 5.57. The normalized spacial score (nSPS) is 24.8. The van der Waals surface area contributed by atoms with Crippen LogP contribution in [0.2, 0.25) is 0 Å². The topological polar surface area (TPSA) is 12.5 Å². The summed E-state index contributed by atoms with van der Waals surface area (Å²) >= 11 is 0. The minimum Gasteiger partial charge on any atom is -0.370 e. The third-order valence-corrected chi connectivity index (χ3v) is 3.91.